The van der Waals surface area contributed by atoms with Crippen LogP contribution in [0.1, 0.15) is 31.7 Å². The second-order valence-corrected chi connectivity index (χ2v) is 4.52. The van der Waals surface area contributed by atoms with E-state index < -0.39 is 0 Å². The summed E-state index contributed by atoms with van der Waals surface area (Å²) in [7, 11) is 0. The van der Waals surface area contributed by atoms with Gasteiger partial charge in [0.05, 0.1) is 6.61 Å². The minimum Gasteiger partial charge on any atom is -0.494 e. The van der Waals surface area contributed by atoms with E-state index in [0.29, 0.717) is 0 Å². The van der Waals surface area contributed by atoms with Gasteiger partial charge in [-0.3, -0.25) is 4.79 Å². The molecule has 1 aromatic carbocycles. The van der Waals surface area contributed by atoms with Gasteiger partial charge >= 0.3 is 0 Å². The molecule has 0 aliphatic heterocycles. The third-order valence-electron chi connectivity index (χ3n) is 3.00. The van der Waals surface area contributed by atoms with Gasteiger partial charge in [0.1, 0.15) is 5.75 Å². The summed E-state index contributed by atoms with van der Waals surface area (Å²) in [6, 6.07) is 7.84. The third kappa shape index (κ3) is 2.89. The van der Waals surface area contributed by atoms with Crippen molar-refractivity contribution in [2.45, 2.75) is 26.2 Å². The molecule has 0 saturated heterocycles. The normalized spacial score (nSPS) is 17.5. The third-order valence-corrected chi connectivity index (χ3v) is 3.00. The van der Waals surface area contributed by atoms with Crippen LogP contribution in [0.4, 0.5) is 0 Å². The Bertz CT molecular complexity index is 480. The molecule has 1 aromatic rings. The van der Waals surface area contributed by atoms with E-state index in [9.17, 15) is 4.79 Å². The molecular formula is C16H18O2. The Balaban J connectivity index is 2.08. The Morgan fingerprint density at radius 2 is 2.00 bits per heavy atom. The number of carbonyl (C=O) groups is 1. The highest BCUT2D eigenvalue weighted by molar-refractivity contribution is 6.12. The average Bonchev–Trinajstić information content (AvgIpc) is 2.70. The molecule has 1 aliphatic rings. The summed E-state index contributed by atoms with van der Waals surface area (Å²) in [4.78, 5) is 11.7. The van der Waals surface area contributed by atoms with Crippen molar-refractivity contribution in [2.24, 2.45) is 0 Å². The van der Waals surface area contributed by atoms with Gasteiger partial charge in [-0.25, -0.2) is 0 Å². The van der Waals surface area contributed by atoms with Crippen LogP contribution in [0.5, 0.6) is 5.75 Å². The summed E-state index contributed by atoms with van der Waals surface area (Å²) in [6.45, 7) is 6.58. The lowest BCUT2D eigenvalue weighted by Crippen LogP contribution is -1.95. The SMILES string of the molecule is C=C1CC/C(=C\c2ccc(OCCC)cc2)C1=O. The number of ether oxygens (including phenoxy) is 1. The molecule has 0 spiro atoms. The lowest BCUT2D eigenvalue weighted by atomic mass is 10.1. The molecule has 0 N–H and O–H groups in total. The molecule has 0 radical (unpaired) electrons. The molecule has 94 valence electrons. The molecule has 0 heterocycles. The number of carbonyl (C=O) groups excluding carboxylic acids is 1. The number of allylic oxidation sites excluding steroid dienone is 2. The van der Waals surface area contributed by atoms with Crippen molar-refractivity contribution >= 4 is 11.9 Å². The predicted octanol–water partition coefficient (Wildman–Crippen LogP) is 3.78. The zero-order valence-corrected chi connectivity index (χ0v) is 10.7. The van der Waals surface area contributed by atoms with Gasteiger partial charge in [-0.15, -0.1) is 0 Å². The standard InChI is InChI=1S/C16H18O2/c1-3-10-18-15-8-5-13(6-9-15)11-14-7-4-12(2)16(14)17/h5-6,8-9,11H,2-4,7,10H2,1H3/b14-11+. The van der Waals surface area contributed by atoms with Gasteiger partial charge < -0.3 is 4.74 Å². The van der Waals surface area contributed by atoms with E-state index in [1.54, 1.807) is 0 Å². The molecule has 0 bridgehead atoms. The van der Waals surface area contributed by atoms with Crippen molar-refractivity contribution in [3.8, 4) is 5.75 Å². The predicted molar refractivity (Wildman–Crippen MR) is 73.6 cm³/mol. The van der Waals surface area contributed by atoms with Crippen LogP contribution in [-0.4, -0.2) is 12.4 Å². The first kappa shape index (κ1) is 12.6. The number of Topliss-reactive ketones (excluding diaryl/α,β-unsaturated/α-hetero) is 1. The number of benzene rings is 1. The number of rotatable bonds is 4. The smallest absolute Gasteiger partial charge is 0.184 e. The van der Waals surface area contributed by atoms with E-state index in [1.165, 1.54) is 0 Å². The van der Waals surface area contributed by atoms with Gasteiger partial charge in [-0.1, -0.05) is 25.6 Å². The lowest BCUT2D eigenvalue weighted by Gasteiger charge is -2.04. The van der Waals surface area contributed by atoms with Crippen LogP contribution < -0.4 is 4.74 Å². The topological polar surface area (TPSA) is 26.3 Å². The molecule has 2 heteroatoms. The first-order chi connectivity index (χ1) is 8.70. The summed E-state index contributed by atoms with van der Waals surface area (Å²) >= 11 is 0. The van der Waals surface area contributed by atoms with Gasteiger partial charge in [0.25, 0.3) is 0 Å². The Morgan fingerprint density at radius 1 is 1.28 bits per heavy atom. The molecular weight excluding hydrogens is 224 g/mol. The van der Waals surface area contributed by atoms with Gasteiger partial charge in [0.2, 0.25) is 0 Å². The summed E-state index contributed by atoms with van der Waals surface area (Å²) < 4.78 is 5.52. The van der Waals surface area contributed by atoms with E-state index in [2.05, 4.69) is 13.5 Å². The van der Waals surface area contributed by atoms with Crippen LogP contribution in [0.2, 0.25) is 0 Å². The van der Waals surface area contributed by atoms with Crippen molar-refractivity contribution in [2.75, 3.05) is 6.61 Å². The van der Waals surface area contributed by atoms with Crippen molar-refractivity contribution in [3.63, 3.8) is 0 Å². The molecule has 0 amide bonds. The molecule has 2 rings (SSSR count). The molecule has 2 nitrogen and oxygen atoms in total. The fourth-order valence-corrected chi connectivity index (χ4v) is 1.96. The first-order valence-electron chi connectivity index (χ1n) is 6.36. The lowest BCUT2D eigenvalue weighted by molar-refractivity contribution is -0.111. The molecule has 0 atom stereocenters. The molecule has 0 unspecified atom stereocenters. The van der Waals surface area contributed by atoms with Crippen LogP contribution in [-0.2, 0) is 4.79 Å². The summed E-state index contributed by atoms with van der Waals surface area (Å²) in [5.74, 6) is 0.988. The Morgan fingerprint density at radius 3 is 2.56 bits per heavy atom. The Kier molecular flexibility index (Phi) is 3.98. The van der Waals surface area contributed by atoms with Gasteiger partial charge in [0.15, 0.2) is 5.78 Å². The highest BCUT2D eigenvalue weighted by Crippen LogP contribution is 2.26. The zero-order valence-electron chi connectivity index (χ0n) is 10.7. The number of hydrogen-bond donors (Lipinski definition) is 0. The van der Waals surface area contributed by atoms with Crippen LogP contribution in [0.25, 0.3) is 6.08 Å². The van der Waals surface area contributed by atoms with E-state index in [1.807, 2.05) is 30.3 Å². The average molecular weight is 242 g/mol. The quantitative estimate of drug-likeness (QED) is 0.751. The number of ketones is 1. The minimum atomic E-state index is 0.112. The maximum Gasteiger partial charge on any atom is 0.184 e. The summed E-state index contributed by atoms with van der Waals surface area (Å²) in [6.07, 6.45) is 4.56. The first-order valence-corrected chi connectivity index (χ1v) is 6.36. The molecule has 18 heavy (non-hydrogen) atoms. The maximum absolute atomic E-state index is 11.7. The zero-order chi connectivity index (χ0) is 13.0. The van der Waals surface area contributed by atoms with E-state index in [4.69, 9.17) is 4.74 Å². The van der Waals surface area contributed by atoms with Gasteiger partial charge in [-0.05, 0) is 48.6 Å². The molecule has 1 aliphatic carbocycles. The minimum absolute atomic E-state index is 0.112. The second kappa shape index (κ2) is 5.67. The number of hydrogen-bond acceptors (Lipinski definition) is 2. The summed E-state index contributed by atoms with van der Waals surface area (Å²) in [5, 5.41) is 0. The highest BCUT2D eigenvalue weighted by Gasteiger charge is 2.20. The summed E-state index contributed by atoms with van der Waals surface area (Å²) in [5.41, 5.74) is 2.63. The van der Waals surface area contributed by atoms with Crippen LogP contribution in [0.3, 0.4) is 0 Å². The molecule has 1 fully saturated rings. The van der Waals surface area contributed by atoms with Crippen molar-refractivity contribution in [1.29, 1.82) is 0 Å². The molecule has 1 saturated carbocycles. The van der Waals surface area contributed by atoms with Crippen molar-refractivity contribution < 1.29 is 9.53 Å². The largest absolute Gasteiger partial charge is 0.494 e. The Hall–Kier alpha value is -1.83. The molecule has 0 aromatic heterocycles. The van der Waals surface area contributed by atoms with Crippen molar-refractivity contribution in [1.82, 2.24) is 0 Å². The fourth-order valence-electron chi connectivity index (χ4n) is 1.96. The van der Waals surface area contributed by atoms with E-state index in [-0.39, 0.29) is 5.78 Å². The van der Waals surface area contributed by atoms with Crippen LogP contribution >= 0.6 is 0 Å². The van der Waals surface area contributed by atoms with Gasteiger partial charge in [-0.2, -0.15) is 0 Å². The van der Waals surface area contributed by atoms with Crippen LogP contribution in [0.15, 0.2) is 42.0 Å². The maximum atomic E-state index is 11.7. The van der Waals surface area contributed by atoms with E-state index >= 15 is 0 Å². The Labute approximate surface area is 108 Å². The highest BCUT2D eigenvalue weighted by atomic mass is 16.5. The second-order valence-electron chi connectivity index (χ2n) is 4.52. The van der Waals surface area contributed by atoms with Gasteiger partial charge in [0, 0.05) is 5.57 Å². The van der Waals surface area contributed by atoms with Crippen molar-refractivity contribution in [3.05, 3.63) is 47.6 Å². The van der Waals surface area contributed by atoms with E-state index in [0.717, 1.165) is 48.3 Å². The fraction of sp³-hybridized carbons (Fsp3) is 0.312. The van der Waals surface area contributed by atoms with Crippen LogP contribution in [0, 0.1) is 0 Å². The monoisotopic (exact) mass is 242 g/mol.